The van der Waals surface area contributed by atoms with Crippen molar-refractivity contribution in [2.24, 2.45) is 10.5 Å². The highest BCUT2D eigenvalue weighted by Crippen LogP contribution is 2.26. The van der Waals surface area contributed by atoms with Gasteiger partial charge in [-0.05, 0) is 12.8 Å². The van der Waals surface area contributed by atoms with Crippen LogP contribution >= 0.6 is 0 Å². The molecule has 1 aliphatic heterocycles. The maximum absolute atomic E-state index is 11.1. The van der Waals surface area contributed by atoms with E-state index in [0.717, 1.165) is 12.8 Å². The number of hydrogen-bond acceptors (Lipinski definition) is 2. The highest BCUT2D eigenvalue weighted by molar-refractivity contribution is 6.01. The summed E-state index contributed by atoms with van der Waals surface area (Å²) >= 11 is 0. The van der Waals surface area contributed by atoms with Crippen molar-refractivity contribution in [2.75, 3.05) is 0 Å². The molecule has 1 amide bonds. The van der Waals surface area contributed by atoms with E-state index >= 15 is 0 Å². The Labute approximate surface area is 60.5 Å². The summed E-state index contributed by atoms with van der Waals surface area (Å²) in [6, 6.07) is 0. The molecular weight excluding hydrogens is 128 g/mol. The lowest BCUT2D eigenvalue weighted by Gasteiger charge is -2.17. The van der Waals surface area contributed by atoms with Gasteiger partial charge in [-0.3, -0.25) is 4.79 Å². The molecule has 0 saturated heterocycles. The SMILES string of the molecule is CCC1(CC)C=NNC1=O. The summed E-state index contributed by atoms with van der Waals surface area (Å²) in [6.45, 7) is 4.00. The van der Waals surface area contributed by atoms with E-state index in [2.05, 4.69) is 10.5 Å². The van der Waals surface area contributed by atoms with E-state index in [-0.39, 0.29) is 11.3 Å². The lowest BCUT2D eigenvalue weighted by Crippen LogP contribution is -2.32. The van der Waals surface area contributed by atoms with Crippen LogP contribution in [-0.4, -0.2) is 12.1 Å². The Morgan fingerprint density at radius 3 is 2.40 bits per heavy atom. The molecule has 1 N–H and O–H groups in total. The number of amides is 1. The van der Waals surface area contributed by atoms with Gasteiger partial charge in [-0.1, -0.05) is 13.8 Å². The molecule has 0 aromatic carbocycles. The molecule has 0 aromatic heterocycles. The van der Waals surface area contributed by atoms with Crippen LogP contribution in [-0.2, 0) is 4.79 Å². The molecule has 56 valence electrons. The second kappa shape index (κ2) is 2.40. The zero-order valence-electron chi connectivity index (χ0n) is 6.35. The van der Waals surface area contributed by atoms with E-state index in [1.165, 1.54) is 0 Å². The van der Waals surface area contributed by atoms with Crippen LogP contribution in [0.4, 0.5) is 0 Å². The van der Waals surface area contributed by atoms with Crippen LogP contribution < -0.4 is 5.43 Å². The molecule has 0 spiro atoms. The number of nitrogens with one attached hydrogen (secondary N) is 1. The molecule has 3 heteroatoms. The lowest BCUT2D eigenvalue weighted by molar-refractivity contribution is -0.126. The van der Waals surface area contributed by atoms with Gasteiger partial charge < -0.3 is 0 Å². The minimum Gasteiger partial charge on any atom is -0.272 e. The van der Waals surface area contributed by atoms with Gasteiger partial charge in [0, 0.05) is 6.21 Å². The van der Waals surface area contributed by atoms with Crippen LogP contribution in [0.1, 0.15) is 26.7 Å². The van der Waals surface area contributed by atoms with Crippen LogP contribution in [0.5, 0.6) is 0 Å². The second-order valence-corrected chi connectivity index (χ2v) is 2.56. The number of nitrogens with zero attached hydrogens (tertiary/aromatic N) is 1. The van der Waals surface area contributed by atoms with Crippen molar-refractivity contribution in [1.29, 1.82) is 0 Å². The zero-order chi connectivity index (χ0) is 7.61. The normalized spacial score (nSPS) is 21.2. The van der Waals surface area contributed by atoms with Crippen molar-refractivity contribution in [3.05, 3.63) is 0 Å². The Bertz CT molecular complexity index is 170. The van der Waals surface area contributed by atoms with Gasteiger partial charge in [0.25, 0.3) is 5.91 Å². The molecule has 0 aliphatic carbocycles. The van der Waals surface area contributed by atoms with Gasteiger partial charge in [-0.15, -0.1) is 0 Å². The molecule has 1 aliphatic rings. The fraction of sp³-hybridized carbons (Fsp3) is 0.714. The summed E-state index contributed by atoms with van der Waals surface area (Å²) in [6.07, 6.45) is 3.38. The standard InChI is InChI=1S/C7H12N2O/c1-3-7(4-2)5-8-9-6(7)10/h5H,3-4H2,1-2H3,(H,9,10). The first kappa shape index (κ1) is 7.25. The molecule has 10 heavy (non-hydrogen) atoms. The van der Waals surface area contributed by atoms with Crippen LogP contribution in [0.2, 0.25) is 0 Å². The third-order valence-corrected chi connectivity index (χ3v) is 2.19. The van der Waals surface area contributed by atoms with Gasteiger partial charge in [0.15, 0.2) is 0 Å². The summed E-state index contributed by atoms with van der Waals surface area (Å²) in [5.74, 6) is 0.0394. The highest BCUT2D eigenvalue weighted by Gasteiger charge is 2.36. The summed E-state index contributed by atoms with van der Waals surface area (Å²) in [7, 11) is 0. The molecule has 0 unspecified atom stereocenters. The molecule has 0 fully saturated rings. The Balaban J connectivity index is 2.81. The Hall–Kier alpha value is -0.860. The minimum atomic E-state index is -0.306. The van der Waals surface area contributed by atoms with E-state index in [1.54, 1.807) is 6.21 Å². The van der Waals surface area contributed by atoms with Crippen molar-refractivity contribution < 1.29 is 4.79 Å². The molecule has 0 saturated carbocycles. The summed E-state index contributed by atoms with van der Waals surface area (Å²) < 4.78 is 0. The predicted molar refractivity (Wildman–Crippen MR) is 39.6 cm³/mol. The summed E-state index contributed by atoms with van der Waals surface area (Å²) in [5.41, 5.74) is 2.14. The number of rotatable bonds is 2. The molecule has 1 heterocycles. The third kappa shape index (κ3) is 0.818. The van der Waals surface area contributed by atoms with E-state index in [4.69, 9.17) is 0 Å². The summed E-state index contributed by atoms with van der Waals surface area (Å²) in [4.78, 5) is 11.1. The van der Waals surface area contributed by atoms with Crippen LogP contribution in [0.15, 0.2) is 5.10 Å². The molecule has 0 bridgehead atoms. The van der Waals surface area contributed by atoms with E-state index in [9.17, 15) is 4.79 Å². The Morgan fingerprint density at radius 2 is 2.20 bits per heavy atom. The first-order valence-corrected chi connectivity index (χ1v) is 3.60. The second-order valence-electron chi connectivity index (χ2n) is 2.56. The topological polar surface area (TPSA) is 41.5 Å². The van der Waals surface area contributed by atoms with Crippen molar-refractivity contribution in [3.8, 4) is 0 Å². The van der Waals surface area contributed by atoms with Gasteiger partial charge >= 0.3 is 0 Å². The average Bonchev–Trinajstić information content (AvgIpc) is 2.32. The molecule has 1 rings (SSSR count). The number of carbonyl (C=O) groups excluding carboxylic acids is 1. The zero-order valence-corrected chi connectivity index (χ0v) is 6.35. The van der Waals surface area contributed by atoms with Gasteiger partial charge in [-0.25, -0.2) is 5.43 Å². The van der Waals surface area contributed by atoms with Crippen LogP contribution in [0.3, 0.4) is 0 Å². The third-order valence-electron chi connectivity index (χ3n) is 2.19. The van der Waals surface area contributed by atoms with E-state index < -0.39 is 0 Å². The number of carbonyl (C=O) groups is 1. The molecule has 0 aromatic rings. The predicted octanol–water partition coefficient (Wildman–Crippen LogP) is 0.908. The Kier molecular flexibility index (Phi) is 1.74. The molecule has 0 radical (unpaired) electrons. The monoisotopic (exact) mass is 140 g/mol. The molecule has 3 nitrogen and oxygen atoms in total. The van der Waals surface area contributed by atoms with Gasteiger partial charge in [0.2, 0.25) is 0 Å². The number of hydrogen-bond donors (Lipinski definition) is 1. The maximum Gasteiger partial charge on any atom is 0.251 e. The van der Waals surface area contributed by atoms with E-state index in [1.807, 2.05) is 13.8 Å². The van der Waals surface area contributed by atoms with Crippen molar-refractivity contribution in [1.82, 2.24) is 5.43 Å². The smallest absolute Gasteiger partial charge is 0.251 e. The maximum atomic E-state index is 11.1. The fourth-order valence-corrected chi connectivity index (χ4v) is 1.14. The molecule has 0 atom stereocenters. The lowest BCUT2D eigenvalue weighted by atomic mass is 9.84. The largest absolute Gasteiger partial charge is 0.272 e. The highest BCUT2D eigenvalue weighted by atomic mass is 16.2. The van der Waals surface area contributed by atoms with Crippen LogP contribution in [0.25, 0.3) is 0 Å². The Morgan fingerprint density at radius 1 is 1.60 bits per heavy atom. The number of hydrazone groups is 1. The fourth-order valence-electron chi connectivity index (χ4n) is 1.14. The average molecular weight is 140 g/mol. The van der Waals surface area contributed by atoms with Gasteiger partial charge in [-0.2, -0.15) is 5.10 Å². The van der Waals surface area contributed by atoms with Crippen molar-refractivity contribution in [2.45, 2.75) is 26.7 Å². The van der Waals surface area contributed by atoms with Crippen LogP contribution in [0, 0.1) is 5.41 Å². The first-order valence-electron chi connectivity index (χ1n) is 3.60. The van der Waals surface area contributed by atoms with Crippen molar-refractivity contribution in [3.63, 3.8) is 0 Å². The van der Waals surface area contributed by atoms with Gasteiger partial charge in [0.1, 0.15) is 0 Å². The molecular formula is C7H12N2O. The minimum absolute atomic E-state index is 0.0394. The first-order chi connectivity index (χ1) is 4.75. The quantitative estimate of drug-likeness (QED) is 0.608. The van der Waals surface area contributed by atoms with Gasteiger partial charge in [0.05, 0.1) is 5.41 Å². The van der Waals surface area contributed by atoms with E-state index in [0.29, 0.717) is 0 Å². The summed E-state index contributed by atoms with van der Waals surface area (Å²) in [5, 5.41) is 3.74. The van der Waals surface area contributed by atoms with Crippen molar-refractivity contribution >= 4 is 12.1 Å².